The lowest BCUT2D eigenvalue weighted by atomic mass is 10.0. The lowest BCUT2D eigenvalue weighted by molar-refractivity contribution is -0.245. The first kappa shape index (κ1) is 31.2. The lowest BCUT2D eigenvalue weighted by Crippen LogP contribution is -2.31. The highest BCUT2D eigenvalue weighted by molar-refractivity contribution is 7.99. The quantitative estimate of drug-likeness (QED) is 0.150. The molecule has 0 bridgehead atoms. The van der Waals surface area contributed by atoms with Crippen molar-refractivity contribution in [2.24, 2.45) is 0 Å². The number of aromatic carboxylic acids is 1. The topological polar surface area (TPSA) is 155 Å². The Morgan fingerprint density at radius 2 is 1.60 bits per heavy atom. The number of benzene rings is 2. The van der Waals surface area contributed by atoms with Crippen LogP contribution in [-0.2, 0) is 32.2 Å². The first-order chi connectivity index (χ1) is 20.3. The molecule has 3 aromatic rings. The molecule has 2 heterocycles. The number of rotatable bonds is 14. The molecule has 1 aromatic heterocycles. The maximum absolute atomic E-state index is 12.1. The standard InChI is InChI=1S/C31H34N2O8S/c34-18-21-9-11-22(12-10-21)26-16-24(19-42-29-25(30(38)39)4-3-15-32-29)40-31(41-26)23-13-7-20(8-14-23)17-33-27(35)5-1-2-6-28(36)37/h3-4,7-15,24,26,31,34H,1-2,5-6,16-19H2,(H,33,35)(H,36,37)(H,38,39). The molecule has 4 N–H and O–H groups in total. The van der Waals surface area contributed by atoms with E-state index >= 15 is 0 Å². The fraction of sp³-hybridized carbons (Fsp3) is 0.355. The van der Waals surface area contributed by atoms with Gasteiger partial charge >= 0.3 is 11.9 Å². The SMILES string of the molecule is O=C(O)CCCCC(=O)NCc1ccc(C2OC(CSc3ncccc3C(=O)O)CC(c3ccc(CO)cc3)O2)cc1. The zero-order chi connectivity index (χ0) is 29.9. The monoisotopic (exact) mass is 594 g/mol. The van der Waals surface area contributed by atoms with Crippen LogP contribution < -0.4 is 5.32 Å². The Hall–Kier alpha value is -3.77. The Morgan fingerprint density at radius 3 is 2.29 bits per heavy atom. The Bertz CT molecular complexity index is 1350. The Morgan fingerprint density at radius 1 is 0.905 bits per heavy atom. The van der Waals surface area contributed by atoms with E-state index in [2.05, 4.69) is 10.3 Å². The van der Waals surface area contributed by atoms with Crippen LogP contribution in [0, 0.1) is 0 Å². The van der Waals surface area contributed by atoms with Crippen LogP contribution in [-0.4, -0.2) is 50.0 Å². The van der Waals surface area contributed by atoms with Crippen LogP contribution in [0.3, 0.4) is 0 Å². The highest BCUT2D eigenvalue weighted by atomic mass is 32.2. The molecular weight excluding hydrogens is 560 g/mol. The molecule has 2 aromatic carbocycles. The van der Waals surface area contributed by atoms with Gasteiger partial charge in [0, 0.05) is 43.3 Å². The van der Waals surface area contributed by atoms with E-state index in [9.17, 15) is 24.6 Å². The summed E-state index contributed by atoms with van der Waals surface area (Å²) in [5.41, 5.74) is 3.59. The van der Waals surface area contributed by atoms with Crippen molar-refractivity contribution in [2.75, 3.05) is 5.75 Å². The highest BCUT2D eigenvalue weighted by Crippen LogP contribution is 2.39. The molecule has 1 saturated heterocycles. The van der Waals surface area contributed by atoms with E-state index in [1.165, 1.54) is 17.8 Å². The summed E-state index contributed by atoms with van der Waals surface area (Å²) in [5.74, 6) is -1.55. The molecule has 1 aliphatic rings. The van der Waals surface area contributed by atoms with Crippen molar-refractivity contribution in [3.63, 3.8) is 0 Å². The number of carbonyl (C=O) groups is 3. The van der Waals surface area contributed by atoms with Crippen LogP contribution in [0.4, 0.5) is 0 Å². The maximum atomic E-state index is 12.1. The van der Waals surface area contributed by atoms with Gasteiger partial charge in [-0.05, 0) is 41.7 Å². The number of aromatic nitrogens is 1. The first-order valence-corrected chi connectivity index (χ1v) is 14.7. The van der Waals surface area contributed by atoms with Gasteiger partial charge < -0.3 is 30.1 Å². The summed E-state index contributed by atoms with van der Waals surface area (Å²) in [7, 11) is 0. The number of pyridine rings is 1. The van der Waals surface area contributed by atoms with Crippen molar-refractivity contribution in [3.05, 3.63) is 94.7 Å². The van der Waals surface area contributed by atoms with E-state index in [0.717, 1.165) is 22.3 Å². The smallest absolute Gasteiger partial charge is 0.338 e. The van der Waals surface area contributed by atoms with Crippen LogP contribution in [0.15, 0.2) is 71.9 Å². The number of hydrogen-bond donors (Lipinski definition) is 4. The molecular formula is C31H34N2O8S. The van der Waals surface area contributed by atoms with Gasteiger partial charge in [0.05, 0.1) is 24.4 Å². The fourth-order valence-corrected chi connectivity index (χ4v) is 5.51. The summed E-state index contributed by atoms with van der Waals surface area (Å²) < 4.78 is 12.7. The third kappa shape index (κ3) is 9.12. The van der Waals surface area contributed by atoms with Crippen molar-refractivity contribution < 1.29 is 39.2 Å². The van der Waals surface area contributed by atoms with Crippen molar-refractivity contribution in [1.29, 1.82) is 0 Å². The summed E-state index contributed by atoms with van der Waals surface area (Å²) in [6, 6.07) is 18.3. The minimum atomic E-state index is -1.03. The first-order valence-electron chi connectivity index (χ1n) is 13.7. The molecule has 10 nitrogen and oxygen atoms in total. The average molecular weight is 595 g/mol. The van der Waals surface area contributed by atoms with Crippen molar-refractivity contribution in [2.45, 2.75) is 68.8 Å². The van der Waals surface area contributed by atoms with E-state index in [-0.39, 0.29) is 43.1 Å². The van der Waals surface area contributed by atoms with E-state index in [1.54, 1.807) is 12.3 Å². The van der Waals surface area contributed by atoms with Crippen molar-refractivity contribution in [1.82, 2.24) is 10.3 Å². The third-order valence-corrected chi connectivity index (χ3v) is 7.95. The minimum absolute atomic E-state index is 0.0513. The summed E-state index contributed by atoms with van der Waals surface area (Å²) in [6.07, 6.45) is 2.22. The Kier molecular flexibility index (Phi) is 11.5. The Labute approximate surface area is 248 Å². The van der Waals surface area contributed by atoms with Gasteiger partial charge in [-0.2, -0.15) is 0 Å². The summed E-state index contributed by atoms with van der Waals surface area (Å²) in [6.45, 7) is 0.295. The predicted molar refractivity (Wildman–Crippen MR) is 155 cm³/mol. The fourth-order valence-electron chi connectivity index (χ4n) is 4.51. The van der Waals surface area contributed by atoms with Gasteiger partial charge in [0.1, 0.15) is 5.03 Å². The lowest BCUT2D eigenvalue weighted by Gasteiger charge is -2.36. The Balaban J connectivity index is 1.41. The number of ether oxygens (including phenoxy) is 2. The van der Waals surface area contributed by atoms with E-state index < -0.39 is 18.2 Å². The molecule has 0 spiro atoms. The molecule has 0 saturated carbocycles. The number of unbranched alkanes of at least 4 members (excludes halogenated alkanes) is 1. The van der Waals surface area contributed by atoms with Gasteiger partial charge in [-0.15, -0.1) is 11.8 Å². The second kappa shape index (κ2) is 15.5. The number of carbonyl (C=O) groups excluding carboxylic acids is 1. The second-order valence-corrected chi connectivity index (χ2v) is 11.0. The third-order valence-electron chi connectivity index (χ3n) is 6.81. The van der Waals surface area contributed by atoms with Crippen LogP contribution in [0.25, 0.3) is 0 Å². The van der Waals surface area contributed by atoms with Gasteiger partial charge in [0.15, 0.2) is 6.29 Å². The minimum Gasteiger partial charge on any atom is -0.481 e. The number of aliphatic carboxylic acids is 1. The molecule has 3 atom stereocenters. The zero-order valence-electron chi connectivity index (χ0n) is 23.0. The van der Waals surface area contributed by atoms with Gasteiger partial charge in [-0.25, -0.2) is 9.78 Å². The van der Waals surface area contributed by atoms with Crippen molar-refractivity contribution >= 4 is 29.6 Å². The van der Waals surface area contributed by atoms with Crippen molar-refractivity contribution in [3.8, 4) is 0 Å². The molecule has 4 rings (SSSR count). The molecule has 3 unspecified atom stereocenters. The number of carboxylic acid groups (broad SMARTS) is 2. The van der Waals surface area contributed by atoms with Gasteiger partial charge in [0.2, 0.25) is 5.91 Å². The molecule has 11 heteroatoms. The van der Waals surface area contributed by atoms with Gasteiger partial charge in [0.25, 0.3) is 0 Å². The molecule has 1 amide bonds. The molecule has 0 aliphatic carbocycles. The molecule has 1 aliphatic heterocycles. The predicted octanol–water partition coefficient (Wildman–Crippen LogP) is 4.87. The van der Waals surface area contributed by atoms with Gasteiger partial charge in [-0.1, -0.05) is 48.5 Å². The molecule has 222 valence electrons. The summed E-state index contributed by atoms with van der Waals surface area (Å²) >= 11 is 1.33. The van der Waals surface area contributed by atoms with E-state index in [4.69, 9.17) is 14.6 Å². The van der Waals surface area contributed by atoms with E-state index in [0.29, 0.717) is 36.6 Å². The van der Waals surface area contributed by atoms with Crippen LogP contribution in [0.1, 0.15) is 77.1 Å². The molecule has 42 heavy (non-hydrogen) atoms. The van der Waals surface area contributed by atoms with Crippen LogP contribution >= 0.6 is 11.8 Å². The van der Waals surface area contributed by atoms with Crippen LogP contribution in [0.2, 0.25) is 0 Å². The van der Waals surface area contributed by atoms with Gasteiger partial charge in [-0.3, -0.25) is 9.59 Å². The molecule has 1 fully saturated rings. The number of hydrogen-bond acceptors (Lipinski definition) is 8. The highest BCUT2D eigenvalue weighted by Gasteiger charge is 2.32. The second-order valence-electron chi connectivity index (χ2n) is 9.94. The average Bonchev–Trinajstić information content (AvgIpc) is 3.01. The maximum Gasteiger partial charge on any atom is 0.338 e. The number of carboxylic acids is 2. The summed E-state index contributed by atoms with van der Waals surface area (Å²) in [4.78, 5) is 38.6. The largest absolute Gasteiger partial charge is 0.481 e. The number of thioether (sulfide) groups is 1. The summed E-state index contributed by atoms with van der Waals surface area (Å²) in [5, 5.41) is 30.9. The number of amides is 1. The van der Waals surface area contributed by atoms with Crippen LogP contribution in [0.5, 0.6) is 0 Å². The number of nitrogens with one attached hydrogen (secondary N) is 1. The van der Waals surface area contributed by atoms with E-state index in [1.807, 2.05) is 48.5 Å². The number of aliphatic hydroxyl groups excluding tert-OH is 1. The number of aliphatic hydroxyl groups is 1. The normalized spacial score (nSPS) is 18.4. The zero-order valence-corrected chi connectivity index (χ0v) is 23.8. The number of nitrogens with zero attached hydrogens (tertiary/aromatic N) is 1. The molecule has 0 radical (unpaired) electrons.